The molecule has 1 atom stereocenters. The van der Waals surface area contributed by atoms with Crippen molar-refractivity contribution in [3.63, 3.8) is 0 Å². The Bertz CT molecular complexity index is 378. The van der Waals surface area contributed by atoms with Gasteiger partial charge >= 0.3 is 12.0 Å². The summed E-state index contributed by atoms with van der Waals surface area (Å²) in [5.41, 5.74) is -1.11. The second kappa shape index (κ2) is 7.11. The fraction of sp³-hybridized carbons (Fsp3) is 0.867. The van der Waals surface area contributed by atoms with Gasteiger partial charge in [-0.1, -0.05) is 25.7 Å². The van der Waals surface area contributed by atoms with Crippen LogP contribution in [-0.4, -0.2) is 52.3 Å². The van der Waals surface area contributed by atoms with Crippen molar-refractivity contribution in [2.75, 3.05) is 19.7 Å². The third kappa shape index (κ3) is 3.87. The molecular weight excluding hydrogens is 272 g/mol. The Kier molecular flexibility index (Phi) is 5.45. The van der Waals surface area contributed by atoms with Crippen LogP contribution in [0.2, 0.25) is 0 Å². The average molecular weight is 298 g/mol. The third-order valence-corrected chi connectivity index (χ3v) is 4.78. The molecule has 0 aromatic heterocycles. The minimum atomic E-state index is -1.11. The number of rotatable bonds is 3. The van der Waals surface area contributed by atoms with E-state index in [1.54, 1.807) is 4.90 Å². The van der Waals surface area contributed by atoms with Crippen LogP contribution < -0.4 is 5.32 Å². The molecule has 2 amide bonds. The predicted octanol–water partition coefficient (Wildman–Crippen LogP) is 1.58. The Balaban J connectivity index is 2.02. The van der Waals surface area contributed by atoms with Gasteiger partial charge in [-0.3, -0.25) is 0 Å². The number of carboxylic acids is 1. The molecule has 1 heterocycles. The number of carbonyl (C=O) groups is 2. The van der Waals surface area contributed by atoms with Crippen molar-refractivity contribution in [3.8, 4) is 0 Å². The van der Waals surface area contributed by atoms with Gasteiger partial charge in [0.05, 0.1) is 0 Å². The number of nitrogens with zero attached hydrogens (tertiary/aromatic N) is 1. The van der Waals surface area contributed by atoms with E-state index in [0.29, 0.717) is 25.9 Å². The highest BCUT2D eigenvalue weighted by atomic mass is 16.4. The summed E-state index contributed by atoms with van der Waals surface area (Å²) in [6.07, 6.45) is 6.53. The van der Waals surface area contributed by atoms with Crippen LogP contribution in [0.5, 0.6) is 0 Å². The first-order valence-electron chi connectivity index (χ1n) is 7.99. The summed E-state index contributed by atoms with van der Waals surface area (Å²) in [6, 6.07) is -0.294. The fourth-order valence-corrected chi connectivity index (χ4v) is 3.41. The summed E-state index contributed by atoms with van der Waals surface area (Å²) in [4.78, 5) is 25.8. The average Bonchev–Trinajstić information content (AvgIpc) is 2.74. The van der Waals surface area contributed by atoms with E-state index in [1.807, 2.05) is 0 Å². The van der Waals surface area contributed by atoms with E-state index < -0.39 is 11.5 Å². The lowest BCUT2D eigenvalue weighted by Crippen LogP contribution is -2.59. The summed E-state index contributed by atoms with van der Waals surface area (Å²) >= 11 is 0. The topological polar surface area (TPSA) is 89.9 Å². The van der Waals surface area contributed by atoms with Crippen molar-refractivity contribution < 1.29 is 19.8 Å². The number of urea groups is 1. The van der Waals surface area contributed by atoms with E-state index in [-0.39, 0.29) is 18.6 Å². The minimum absolute atomic E-state index is 0.0772. The molecule has 0 aromatic rings. The first kappa shape index (κ1) is 16.1. The molecule has 1 saturated heterocycles. The molecule has 6 heteroatoms. The summed E-state index contributed by atoms with van der Waals surface area (Å²) < 4.78 is 0. The van der Waals surface area contributed by atoms with Crippen LogP contribution in [0.15, 0.2) is 0 Å². The second-order valence-corrected chi connectivity index (χ2v) is 6.37. The number of aliphatic carboxylic acids is 1. The second-order valence-electron chi connectivity index (χ2n) is 6.37. The number of carboxylic acid groups (broad SMARTS) is 1. The quantitative estimate of drug-likeness (QED) is 0.690. The van der Waals surface area contributed by atoms with Crippen molar-refractivity contribution in [3.05, 3.63) is 0 Å². The van der Waals surface area contributed by atoms with E-state index in [1.165, 1.54) is 0 Å². The molecule has 1 aliphatic carbocycles. The number of hydrogen-bond acceptors (Lipinski definition) is 3. The van der Waals surface area contributed by atoms with Crippen LogP contribution in [0.4, 0.5) is 4.79 Å². The maximum atomic E-state index is 12.4. The van der Waals surface area contributed by atoms with Gasteiger partial charge in [-0.05, 0) is 31.6 Å². The maximum Gasteiger partial charge on any atom is 0.329 e. The van der Waals surface area contributed by atoms with Crippen LogP contribution in [0.1, 0.15) is 51.4 Å². The minimum Gasteiger partial charge on any atom is -0.480 e. The highest BCUT2D eigenvalue weighted by Crippen LogP contribution is 2.28. The van der Waals surface area contributed by atoms with Crippen molar-refractivity contribution in [1.82, 2.24) is 10.2 Å². The van der Waals surface area contributed by atoms with Gasteiger partial charge in [0.2, 0.25) is 0 Å². The lowest BCUT2D eigenvalue weighted by Gasteiger charge is -2.36. The summed E-state index contributed by atoms with van der Waals surface area (Å²) in [5, 5.41) is 21.6. The van der Waals surface area contributed by atoms with Crippen LogP contribution in [0.25, 0.3) is 0 Å². The molecule has 120 valence electrons. The van der Waals surface area contributed by atoms with Gasteiger partial charge in [0.1, 0.15) is 5.54 Å². The van der Waals surface area contributed by atoms with Crippen LogP contribution in [0.3, 0.4) is 0 Å². The summed E-state index contributed by atoms with van der Waals surface area (Å²) in [6.45, 7) is 1.23. The third-order valence-electron chi connectivity index (χ3n) is 4.78. The van der Waals surface area contributed by atoms with Gasteiger partial charge < -0.3 is 20.4 Å². The zero-order valence-electron chi connectivity index (χ0n) is 12.5. The van der Waals surface area contributed by atoms with Crippen molar-refractivity contribution in [1.29, 1.82) is 0 Å². The molecule has 0 radical (unpaired) electrons. The van der Waals surface area contributed by atoms with Gasteiger partial charge in [0.15, 0.2) is 0 Å². The molecule has 0 aromatic carbocycles. The van der Waals surface area contributed by atoms with E-state index >= 15 is 0 Å². The van der Waals surface area contributed by atoms with Gasteiger partial charge in [-0.2, -0.15) is 0 Å². The predicted molar refractivity (Wildman–Crippen MR) is 78.0 cm³/mol. The van der Waals surface area contributed by atoms with Gasteiger partial charge in [-0.15, -0.1) is 0 Å². The monoisotopic (exact) mass is 298 g/mol. The Morgan fingerprint density at radius 1 is 1.14 bits per heavy atom. The number of likely N-dealkylation sites (tertiary alicyclic amines) is 1. The molecule has 1 aliphatic heterocycles. The normalized spacial score (nSPS) is 26.0. The number of aliphatic hydroxyl groups is 1. The number of hydrogen-bond donors (Lipinski definition) is 3. The molecular formula is C15H26N2O4. The molecule has 0 bridgehead atoms. The van der Waals surface area contributed by atoms with E-state index in [0.717, 1.165) is 38.5 Å². The molecule has 2 rings (SSSR count). The number of piperidine rings is 1. The Morgan fingerprint density at radius 2 is 1.81 bits per heavy atom. The highest BCUT2D eigenvalue weighted by Gasteiger charge is 2.41. The van der Waals surface area contributed by atoms with Gasteiger partial charge in [0, 0.05) is 19.7 Å². The Labute approximate surface area is 125 Å². The molecule has 2 fully saturated rings. The van der Waals surface area contributed by atoms with Crippen LogP contribution in [0, 0.1) is 5.92 Å². The number of nitrogens with one attached hydrogen (secondary N) is 1. The molecule has 2 aliphatic rings. The van der Waals surface area contributed by atoms with Crippen LogP contribution in [-0.2, 0) is 4.79 Å². The molecule has 1 unspecified atom stereocenters. The van der Waals surface area contributed by atoms with Crippen molar-refractivity contribution in [2.45, 2.75) is 56.9 Å². The fourth-order valence-electron chi connectivity index (χ4n) is 3.41. The lowest BCUT2D eigenvalue weighted by molar-refractivity contribution is -0.145. The van der Waals surface area contributed by atoms with E-state index in [4.69, 9.17) is 0 Å². The molecule has 1 saturated carbocycles. The largest absolute Gasteiger partial charge is 0.480 e. The Hall–Kier alpha value is -1.30. The standard InChI is InChI=1S/C15H26N2O4/c18-11-12-6-5-9-17(10-12)14(21)16-15(13(19)20)7-3-1-2-4-8-15/h12,18H,1-11H2,(H,16,21)(H,19,20). The van der Waals surface area contributed by atoms with Gasteiger partial charge in [0.25, 0.3) is 0 Å². The van der Waals surface area contributed by atoms with Crippen molar-refractivity contribution >= 4 is 12.0 Å². The molecule has 3 N–H and O–H groups in total. The summed E-state index contributed by atoms with van der Waals surface area (Å²) in [7, 11) is 0. The first-order chi connectivity index (χ1) is 10.1. The van der Waals surface area contributed by atoms with E-state index in [2.05, 4.69) is 5.32 Å². The number of amides is 2. The summed E-state index contributed by atoms with van der Waals surface area (Å²) in [5.74, 6) is -0.812. The zero-order chi connectivity index (χ0) is 15.3. The smallest absolute Gasteiger partial charge is 0.329 e. The first-order valence-corrected chi connectivity index (χ1v) is 7.99. The molecule has 0 spiro atoms. The van der Waals surface area contributed by atoms with Crippen LogP contribution >= 0.6 is 0 Å². The number of carbonyl (C=O) groups excluding carboxylic acids is 1. The van der Waals surface area contributed by atoms with Crippen molar-refractivity contribution in [2.24, 2.45) is 5.92 Å². The Morgan fingerprint density at radius 3 is 2.38 bits per heavy atom. The molecule has 21 heavy (non-hydrogen) atoms. The molecule has 6 nitrogen and oxygen atoms in total. The number of aliphatic hydroxyl groups excluding tert-OH is 1. The van der Waals surface area contributed by atoms with E-state index in [9.17, 15) is 19.8 Å². The lowest BCUT2D eigenvalue weighted by atomic mass is 9.90. The van der Waals surface area contributed by atoms with Gasteiger partial charge in [-0.25, -0.2) is 9.59 Å². The zero-order valence-corrected chi connectivity index (χ0v) is 12.5. The SMILES string of the molecule is O=C(NC1(C(=O)O)CCCCCC1)N1CCCC(CO)C1. The maximum absolute atomic E-state index is 12.4. The highest BCUT2D eigenvalue weighted by molar-refractivity contribution is 5.86.